The largest absolute Gasteiger partial charge is 0.390 e. The molecule has 200 valence electrons. The van der Waals surface area contributed by atoms with Crippen LogP contribution in [0.1, 0.15) is 50.7 Å². The van der Waals surface area contributed by atoms with Gasteiger partial charge in [0.05, 0.1) is 11.0 Å². The molecule has 2 N–H and O–H groups in total. The summed E-state index contributed by atoms with van der Waals surface area (Å²) in [5, 5.41) is 14.0. The first kappa shape index (κ1) is 30.3. The Balaban J connectivity index is 1.90. The van der Waals surface area contributed by atoms with E-state index in [1.807, 2.05) is 13.8 Å². The Morgan fingerprint density at radius 2 is 1.81 bits per heavy atom. The standard InChI is InChI=1S/C26H35ClF2N2O4S/c1-26(2,12-7-9-23-24(28)10-6-11-25(23)29)30-17-21(33)18-31(3)36(34,35)22-15-19(8-4-5-13-32)14-20(27)16-22/h6,10-11,13-16,21,30,33H,4-5,7-9,12,17-18H2,1-3H3/t21-/m1/s1. The maximum Gasteiger partial charge on any atom is 0.242 e. The number of halogens is 3. The molecule has 0 heterocycles. The van der Waals surface area contributed by atoms with Crippen molar-refractivity contribution in [3.63, 3.8) is 0 Å². The zero-order chi connectivity index (χ0) is 26.9. The van der Waals surface area contributed by atoms with Crippen molar-refractivity contribution in [1.82, 2.24) is 9.62 Å². The zero-order valence-electron chi connectivity index (χ0n) is 20.9. The number of aldehydes is 1. The van der Waals surface area contributed by atoms with Gasteiger partial charge >= 0.3 is 0 Å². The van der Waals surface area contributed by atoms with E-state index >= 15 is 0 Å². The summed E-state index contributed by atoms with van der Waals surface area (Å²) in [6.45, 7) is 3.82. The summed E-state index contributed by atoms with van der Waals surface area (Å²) in [4.78, 5) is 10.6. The van der Waals surface area contributed by atoms with Crippen molar-refractivity contribution < 1.29 is 27.1 Å². The molecule has 0 amide bonds. The Labute approximate surface area is 217 Å². The Bertz CT molecular complexity index is 1110. The third-order valence-corrected chi connectivity index (χ3v) is 8.02. The fraction of sp³-hybridized carbons (Fsp3) is 0.500. The number of aliphatic hydroxyl groups is 1. The van der Waals surface area contributed by atoms with Crippen molar-refractivity contribution in [2.45, 2.75) is 68.9 Å². The molecular weight excluding hydrogens is 510 g/mol. The second kappa shape index (κ2) is 13.6. The van der Waals surface area contributed by atoms with E-state index in [1.54, 1.807) is 6.07 Å². The van der Waals surface area contributed by atoms with Crippen molar-refractivity contribution in [3.05, 3.63) is 64.2 Å². The van der Waals surface area contributed by atoms with Gasteiger partial charge in [-0.15, -0.1) is 0 Å². The first-order chi connectivity index (χ1) is 16.9. The molecule has 1 atom stereocenters. The van der Waals surface area contributed by atoms with Crippen molar-refractivity contribution in [3.8, 4) is 0 Å². The summed E-state index contributed by atoms with van der Waals surface area (Å²) in [6, 6.07) is 8.38. The summed E-state index contributed by atoms with van der Waals surface area (Å²) in [6.07, 6.45) is 2.71. The van der Waals surface area contributed by atoms with Gasteiger partial charge in [0, 0.05) is 42.7 Å². The minimum absolute atomic E-state index is 0.0273. The second-order valence-corrected chi connectivity index (χ2v) is 12.1. The van der Waals surface area contributed by atoms with Gasteiger partial charge in [0.2, 0.25) is 10.0 Å². The average molecular weight is 545 g/mol. The molecule has 36 heavy (non-hydrogen) atoms. The fourth-order valence-corrected chi connectivity index (χ4v) is 5.53. The van der Waals surface area contributed by atoms with Gasteiger partial charge in [0.1, 0.15) is 17.9 Å². The van der Waals surface area contributed by atoms with E-state index in [4.69, 9.17) is 11.6 Å². The zero-order valence-corrected chi connectivity index (χ0v) is 22.5. The minimum atomic E-state index is -3.90. The van der Waals surface area contributed by atoms with Crippen LogP contribution >= 0.6 is 11.6 Å². The highest BCUT2D eigenvalue weighted by Crippen LogP contribution is 2.23. The molecule has 2 aromatic rings. The number of hydrogen-bond donors (Lipinski definition) is 2. The molecule has 0 radical (unpaired) electrons. The van der Waals surface area contributed by atoms with Crippen LogP contribution in [0.4, 0.5) is 8.78 Å². The predicted octanol–water partition coefficient (Wildman–Crippen LogP) is 4.51. The van der Waals surface area contributed by atoms with E-state index in [1.165, 1.54) is 37.4 Å². The minimum Gasteiger partial charge on any atom is -0.390 e. The van der Waals surface area contributed by atoms with Gasteiger partial charge in [-0.05, 0) is 81.8 Å². The predicted molar refractivity (Wildman–Crippen MR) is 138 cm³/mol. The first-order valence-corrected chi connectivity index (χ1v) is 13.7. The van der Waals surface area contributed by atoms with Crippen LogP contribution in [0, 0.1) is 11.6 Å². The van der Waals surface area contributed by atoms with Crippen LogP contribution in [0.25, 0.3) is 0 Å². The molecule has 0 aliphatic rings. The maximum absolute atomic E-state index is 13.8. The average Bonchev–Trinajstić information content (AvgIpc) is 2.79. The van der Waals surface area contributed by atoms with E-state index in [0.717, 1.165) is 16.2 Å². The molecule has 10 heteroatoms. The summed E-state index contributed by atoms with van der Waals surface area (Å²) in [7, 11) is -2.51. The monoisotopic (exact) mass is 544 g/mol. The molecule has 6 nitrogen and oxygen atoms in total. The molecule has 0 aliphatic carbocycles. The topological polar surface area (TPSA) is 86.7 Å². The number of sulfonamides is 1. The number of carbonyl (C=O) groups excluding carboxylic acids is 1. The van der Waals surface area contributed by atoms with E-state index in [2.05, 4.69) is 5.32 Å². The molecule has 0 saturated carbocycles. The second-order valence-electron chi connectivity index (χ2n) is 9.61. The lowest BCUT2D eigenvalue weighted by atomic mass is 9.95. The van der Waals surface area contributed by atoms with Crippen LogP contribution in [-0.2, 0) is 27.7 Å². The molecule has 0 saturated heterocycles. The number of likely N-dealkylation sites (N-methyl/N-ethyl adjacent to an activating group) is 1. The lowest BCUT2D eigenvalue weighted by Crippen LogP contribution is -2.46. The van der Waals surface area contributed by atoms with Gasteiger partial charge in [0.15, 0.2) is 0 Å². The molecule has 0 spiro atoms. The molecule has 2 aromatic carbocycles. The molecular formula is C26H35ClF2N2O4S. The number of rotatable bonds is 15. The number of carbonyl (C=O) groups is 1. The van der Waals surface area contributed by atoms with Crippen LogP contribution < -0.4 is 5.32 Å². The fourth-order valence-electron chi connectivity index (χ4n) is 3.90. The number of β-amino-alcohol motifs (C(OH)–C–C–N with tert-alkyl or cyclic N) is 1. The number of benzene rings is 2. The highest BCUT2D eigenvalue weighted by atomic mass is 35.5. The van der Waals surface area contributed by atoms with Crippen molar-refractivity contribution in [2.24, 2.45) is 0 Å². The Kier molecular flexibility index (Phi) is 11.4. The third-order valence-electron chi connectivity index (χ3n) is 6.00. The normalized spacial score (nSPS) is 13.2. The third kappa shape index (κ3) is 9.19. The van der Waals surface area contributed by atoms with Gasteiger partial charge in [-0.1, -0.05) is 17.7 Å². The van der Waals surface area contributed by atoms with Gasteiger partial charge in [0.25, 0.3) is 0 Å². The van der Waals surface area contributed by atoms with Crippen LogP contribution in [0.2, 0.25) is 5.02 Å². The van der Waals surface area contributed by atoms with Crippen molar-refractivity contribution >= 4 is 27.9 Å². The number of hydrogen-bond acceptors (Lipinski definition) is 5. The van der Waals surface area contributed by atoms with Crippen LogP contribution in [0.3, 0.4) is 0 Å². The lowest BCUT2D eigenvalue weighted by Gasteiger charge is -2.29. The van der Waals surface area contributed by atoms with E-state index < -0.39 is 33.3 Å². The molecule has 0 aromatic heterocycles. The quantitative estimate of drug-likeness (QED) is 0.254. The number of aliphatic hydroxyl groups excluding tert-OH is 1. The molecule has 0 unspecified atom stereocenters. The van der Waals surface area contributed by atoms with Crippen molar-refractivity contribution in [2.75, 3.05) is 20.1 Å². The molecule has 0 bridgehead atoms. The van der Waals surface area contributed by atoms with Gasteiger partial charge in [-0.3, -0.25) is 0 Å². The van der Waals surface area contributed by atoms with Crippen LogP contribution in [-0.4, -0.2) is 55.9 Å². The Morgan fingerprint density at radius 1 is 1.14 bits per heavy atom. The summed E-state index contributed by atoms with van der Waals surface area (Å²) >= 11 is 6.12. The Morgan fingerprint density at radius 3 is 2.44 bits per heavy atom. The first-order valence-electron chi connectivity index (χ1n) is 11.9. The van der Waals surface area contributed by atoms with E-state index in [-0.39, 0.29) is 35.0 Å². The maximum atomic E-state index is 13.8. The number of aryl methyl sites for hydroxylation is 1. The van der Waals surface area contributed by atoms with Crippen molar-refractivity contribution in [1.29, 1.82) is 0 Å². The summed E-state index contributed by atoms with van der Waals surface area (Å²) in [5.41, 5.74) is 0.340. The lowest BCUT2D eigenvalue weighted by molar-refractivity contribution is -0.107. The molecule has 0 aliphatic heterocycles. The number of nitrogens with one attached hydrogen (secondary N) is 1. The van der Waals surface area contributed by atoms with Crippen LogP contribution in [0.15, 0.2) is 41.3 Å². The molecule has 0 fully saturated rings. The number of unbranched alkanes of at least 4 members (excludes halogenated alkanes) is 1. The molecule has 2 rings (SSSR count). The summed E-state index contributed by atoms with van der Waals surface area (Å²) in [5.74, 6) is -1.12. The summed E-state index contributed by atoms with van der Waals surface area (Å²) < 4.78 is 54.8. The van der Waals surface area contributed by atoms with Crippen LogP contribution in [0.5, 0.6) is 0 Å². The van der Waals surface area contributed by atoms with Gasteiger partial charge in [-0.25, -0.2) is 17.2 Å². The highest BCUT2D eigenvalue weighted by Gasteiger charge is 2.25. The van der Waals surface area contributed by atoms with Gasteiger partial charge < -0.3 is 15.2 Å². The Hall–Kier alpha value is -1.91. The SMILES string of the molecule is CN(C[C@H](O)CNC(C)(C)CCCc1c(F)cccc1F)S(=O)(=O)c1cc(Cl)cc(CCCC=O)c1. The number of nitrogens with zero attached hydrogens (tertiary/aromatic N) is 1. The van der Waals surface area contributed by atoms with E-state index in [9.17, 15) is 27.1 Å². The van der Waals surface area contributed by atoms with E-state index in [0.29, 0.717) is 32.1 Å². The van der Waals surface area contributed by atoms with Gasteiger partial charge in [-0.2, -0.15) is 4.31 Å². The smallest absolute Gasteiger partial charge is 0.242 e. The highest BCUT2D eigenvalue weighted by molar-refractivity contribution is 7.89.